The first-order chi connectivity index (χ1) is 13.7. The highest BCUT2D eigenvalue weighted by Crippen LogP contribution is 2.34. The lowest BCUT2D eigenvalue weighted by atomic mass is 10.1. The molecule has 0 fully saturated rings. The standard InChI is InChI=1S/C23H20ClNO2S/c1-2-17-12-25-23(24)21-18(15-28-22(17)21)14-27-20-10-6-9-19(11-20)26-13-16-7-4-3-5-8-16/h3-12,15H,2,13-14H2,1H3. The average Bonchev–Trinajstić information content (AvgIpc) is 3.17. The van der Waals surface area contributed by atoms with Crippen molar-refractivity contribution >= 4 is 33.0 Å². The predicted octanol–water partition coefficient (Wildman–Crippen LogP) is 6.67. The van der Waals surface area contributed by atoms with Crippen LogP contribution in [0.4, 0.5) is 0 Å². The molecule has 5 heteroatoms. The van der Waals surface area contributed by atoms with Gasteiger partial charge in [-0.05, 0) is 35.1 Å². The van der Waals surface area contributed by atoms with Crippen LogP contribution in [0.15, 0.2) is 66.2 Å². The average molecular weight is 410 g/mol. The maximum absolute atomic E-state index is 6.36. The molecule has 0 atom stereocenters. The summed E-state index contributed by atoms with van der Waals surface area (Å²) < 4.78 is 13.1. The van der Waals surface area contributed by atoms with E-state index in [9.17, 15) is 0 Å². The van der Waals surface area contributed by atoms with Gasteiger partial charge in [0.1, 0.15) is 29.9 Å². The van der Waals surface area contributed by atoms with Gasteiger partial charge in [0.05, 0.1) is 0 Å². The van der Waals surface area contributed by atoms with Crippen LogP contribution in [0.5, 0.6) is 11.5 Å². The fourth-order valence-electron chi connectivity index (χ4n) is 3.03. The first-order valence-corrected chi connectivity index (χ1v) is 10.4. The summed E-state index contributed by atoms with van der Waals surface area (Å²) in [5, 5.41) is 3.64. The molecule has 0 radical (unpaired) electrons. The minimum Gasteiger partial charge on any atom is -0.489 e. The Morgan fingerprint density at radius 1 is 0.929 bits per heavy atom. The molecule has 0 aliphatic rings. The van der Waals surface area contributed by atoms with Crippen LogP contribution in [-0.4, -0.2) is 4.98 Å². The van der Waals surface area contributed by atoms with Crippen LogP contribution in [0.2, 0.25) is 5.15 Å². The molecule has 0 unspecified atom stereocenters. The highest BCUT2D eigenvalue weighted by molar-refractivity contribution is 7.17. The highest BCUT2D eigenvalue weighted by Gasteiger charge is 2.13. The lowest BCUT2D eigenvalue weighted by molar-refractivity contribution is 0.291. The van der Waals surface area contributed by atoms with E-state index in [0.29, 0.717) is 18.4 Å². The van der Waals surface area contributed by atoms with Gasteiger partial charge in [-0.3, -0.25) is 0 Å². The number of aromatic nitrogens is 1. The lowest BCUT2D eigenvalue weighted by Gasteiger charge is -2.10. The van der Waals surface area contributed by atoms with E-state index < -0.39 is 0 Å². The van der Waals surface area contributed by atoms with Gasteiger partial charge in [0.15, 0.2) is 0 Å². The fraction of sp³-hybridized carbons (Fsp3) is 0.174. The lowest BCUT2D eigenvalue weighted by Crippen LogP contribution is -1.98. The van der Waals surface area contributed by atoms with Gasteiger partial charge in [-0.15, -0.1) is 11.3 Å². The van der Waals surface area contributed by atoms with Gasteiger partial charge in [0.2, 0.25) is 0 Å². The summed E-state index contributed by atoms with van der Waals surface area (Å²) >= 11 is 8.05. The van der Waals surface area contributed by atoms with Crippen LogP contribution >= 0.6 is 22.9 Å². The minimum absolute atomic E-state index is 0.441. The monoisotopic (exact) mass is 409 g/mol. The summed E-state index contributed by atoms with van der Waals surface area (Å²) in [7, 11) is 0. The smallest absolute Gasteiger partial charge is 0.138 e. The maximum atomic E-state index is 6.36. The molecule has 0 saturated carbocycles. The highest BCUT2D eigenvalue weighted by atomic mass is 35.5. The van der Waals surface area contributed by atoms with Crippen molar-refractivity contribution in [1.82, 2.24) is 4.98 Å². The van der Waals surface area contributed by atoms with Crippen molar-refractivity contribution in [2.75, 3.05) is 0 Å². The van der Waals surface area contributed by atoms with Crippen molar-refractivity contribution in [2.45, 2.75) is 26.6 Å². The summed E-state index contributed by atoms with van der Waals surface area (Å²) in [5.74, 6) is 1.55. The zero-order chi connectivity index (χ0) is 19.3. The second-order valence-corrected chi connectivity index (χ2v) is 7.67. The normalized spacial score (nSPS) is 10.9. The molecule has 0 saturated heterocycles. The van der Waals surface area contributed by atoms with Gasteiger partial charge in [0.25, 0.3) is 0 Å². The number of hydrogen-bond acceptors (Lipinski definition) is 4. The van der Waals surface area contributed by atoms with E-state index in [4.69, 9.17) is 21.1 Å². The zero-order valence-electron chi connectivity index (χ0n) is 15.5. The second-order valence-electron chi connectivity index (χ2n) is 6.43. The SMILES string of the molecule is CCc1cnc(Cl)c2c(COc3cccc(OCc4ccccc4)c3)csc12. The third-order valence-corrected chi connectivity index (χ3v) is 5.92. The van der Waals surface area contributed by atoms with Gasteiger partial charge in [0, 0.05) is 27.9 Å². The van der Waals surface area contributed by atoms with Gasteiger partial charge in [-0.25, -0.2) is 4.98 Å². The van der Waals surface area contributed by atoms with Gasteiger partial charge >= 0.3 is 0 Å². The van der Waals surface area contributed by atoms with Crippen molar-refractivity contribution in [3.05, 3.63) is 88.0 Å². The Morgan fingerprint density at radius 2 is 1.68 bits per heavy atom. The Balaban J connectivity index is 1.46. The van der Waals surface area contributed by atoms with Crippen molar-refractivity contribution in [3.63, 3.8) is 0 Å². The quantitative estimate of drug-likeness (QED) is 0.319. The molecular weight excluding hydrogens is 390 g/mol. The van der Waals surface area contributed by atoms with Crippen LogP contribution in [0.3, 0.4) is 0 Å². The van der Waals surface area contributed by atoms with E-state index in [-0.39, 0.29) is 0 Å². The van der Waals surface area contributed by atoms with E-state index >= 15 is 0 Å². The van der Waals surface area contributed by atoms with E-state index in [1.807, 2.05) is 60.8 Å². The largest absolute Gasteiger partial charge is 0.489 e. The molecule has 0 bridgehead atoms. The maximum Gasteiger partial charge on any atom is 0.138 e. The number of nitrogens with zero attached hydrogens (tertiary/aromatic N) is 1. The fourth-order valence-corrected chi connectivity index (χ4v) is 4.49. The first-order valence-electron chi connectivity index (χ1n) is 9.17. The Labute approximate surface area is 173 Å². The molecule has 0 amide bonds. The molecule has 2 heterocycles. The van der Waals surface area contributed by atoms with Crippen LogP contribution in [-0.2, 0) is 19.6 Å². The van der Waals surface area contributed by atoms with Gasteiger partial charge in [-0.1, -0.05) is 54.9 Å². The van der Waals surface area contributed by atoms with Crippen LogP contribution in [0.25, 0.3) is 10.1 Å². The topological polar surface area (TPSA) is 31.4 Å². The zero-order valence-corrected chi connectivity index (χ0v) is 17.1. The molecule has 0 aliphatic heterocycles. The predicted molar refractivity (Wildman–Crippen MR) is 116 cm³/mol. The van der Waals surface area contributed by atoms with E-state index in [0.717, 1.165) is 34.4 Å². The molecule has 4 rings (SSSR count). The molecule has 0 N–H and O–H groups in total. The molecule has 28 heavy (non-hydrogen) atoms. The molecule has 142 valence electrons. The molecule has 2 aromatic heterocycles. The number of pyridine rings is 1. The Hall–Kier alpha value is -2.56. The van der Waals surface area contributed by atoms with Gasteiger partial charge in [-0.2, -0.15) is 0 Å². The van der Waals surface area contributed by atoms with Crippen molar-refractivity contribution in [1.29, 1.82) is 0 Å². The molecule has 0 aliphatic carbocycles. The molecule has 4 aromatic rings. The third kappa shape index (κ3) is 4.13. The number of fused-ring (bicyclic) bond motifs is 1. The van der Waals surface area contributed by atoms with Crippen LogP contribution in [0, 0.1) is 0 Å². The van der Waals surface area contributed by atoms with E-state index in [1.54, 1.807) is 11.3 Å². The van der Waals surface area contributed by atoms with Gasteiger partial charge < -0.3 is 9.47 Å². The van der Waals surface area contributed by atoms with Crippen molar-refractivity contribution in [2.24, 2.45) is 0 Å². The number of benzene rings is 2. The Bertz CT molecular complexity index is 1080. The Morgan fingerprint density at radius 3 is 2.43 bits per heavy atom. The molecule has 3 nitrogen and oxygen atoms in total. The molecule has 0 spiro atoms. The number of ether oxygens (including phenoxy) is 2. The summed E-state index contributed by atoms with van der Waals surface area (Å²) in [6.45, 7) is 3.10. The summed E-state index contributed by atoms with van der Waals surface area (Å²) in [5.41, 5.74) is 3.41. The number of hydrogen-bond donors (Lipinski definition) is 0. The summed E-state index contributed by atoms with van der Waals surface area (Å²) in [6.07, 6.45) is 2.79. The van der Waals surface area contributed by atoms with E-state index in [2.05, 4.69) is 17.3 Å². The minimum atomic E-state index is 0.441. The third-order valence-electron chi connectivity index (χ3n) is 4.53. The number of thiophene rings is 1. The molecule has 2 aromatic carbocycles. The van der Waals surface area contributed by atoms with Crippen LogP contribution < -0.4 is 9.47 Å². The van der Waals surface area contributed by atoms with Crippen molar-refractivity contribution in [3.8, 4) is 11.5 Å². The number of rotatable bonds is 7. The Kier molecular flexibility index (Phi) is 5.79. The first kappa shape index (κ1) is 18.8. The van der Waals surface area contributed by atoms with Crippen molar-refractivity contribution < 1.29 is 9.47 Å². The molecular formula is C23H20ClNO2S. The summed E-state index contributed by atoms with van der Waals surface area (Å²) in [6, 6.07) is 17.8. The van der Waals surface area contributed by atoms with Crippen LogP contribution in [0.1, 0.15) is 23.6 Å². The number of aryl methyl sites for hydroxylation is 1. The second kappa shape index (κ2) is 8.63. The summed E-state index contributed by atoms with van der Waals surface area (Å²) in [4.78, 5) is 4.33. The number of halogens is 1. The van der Waals surface area contributed by atoms with E-state index in [1.165, 1.54) is 10.3 Å².